The maximum atomic E-state index is 12.4. The van der Waals surface area contributed by atoms with E-state index in [1.165, 1.54) is 0 Å². The van der Waals surface area contributed by atoms with Gasteiger partial charge < -0.3 is 5.32 Å². The van der Waals surface area contributed by atoms with E-state index in [1.807, 2.05) is 26.0 Å². The minimum atomic E-state index is -3.66. The highest BCUT2D eigenvalue weighted by Crippen LogP contribution is 2.19. The Bertz CT molecular complexity index is 739. The Morgan fingerprint density at radius 1 is 0.870 bits per heavy atom. The first kappa shape index (κ1) is 17.2. The number of hydrogen-bond acceptors (Lipinski definition) is 5. The number of nitrogens with one attached hydrogen (secondary N) is 2. The van der Waals surface area contributed by atoms with E-state index in [2.05, 4.69) is 34.1 Å². The number of rotatable bonds is 6. The quantitative estimate of drug-likeness (QED) is 0.847. The van der Waals surface area contributed by atoms with Crippen LogP contribution in [-0.2, 0) is 10.0 Å². The third kappa shape index (κ3) is 4.66. The van der Waals surface area contributed by atoms with Crippen molar-refractivity contribution in [1.82, 2.24) is 10.2 Å². The van der Waals surface area contributed by atoms with E-state index in [1.54, 1.807) is 24.3 Å². The van der Waals surface area contributed by atoms with Gasteiger partial charge in [-0.3, -0.25) is 4.72 Å². The van der Waals surface area contributed by atoms with Gasteiger partial charge in [0.25, 0.3) is 10.0 Å². The molecule has 1 aromatic heterocycles. The molecule has 2 rings (SSSR count). The molecule has 0 unspecified atom stereocenters. The molecule has 0 fully saturated rings. The van der Waals surface area contributed by atoms with Crippen LogP contribution in [0.25, 0.3) is 0 Å². The summed E-state index contributed by atoms with van der Waals surface area (Å²) in [5.74, 6) is 1.14. The van der Waals surface area contributed by atoms with Crippen molar-refractivity contribution in [2.24, 2.45) is 0 Å². The first-order chi connectivity index (χ1) is 10.8. The Morgan fingerprint density at radius 2 is 1.43 bits per heavy atom. The minimum absolute atomic E-state index is 0.187. The second-order valence-electron chi connectivity index (χ2n) is 5.93. The summed E-state index contributed by atoms with van der Waals surface area (Å²) < 4.78 is 27.1. The Hall–Kier alpha value is -2.15. The molecule has 2 N–H and O–H groups in total. The van der Waals surface area contributed by atoms with Crippen molar-refractivity contribution in [1.29, 1.82) is 0 Å². The highest BCUT2D eigenvalue weighted by Gasteiger charge is 2.15. The number of nitrogens with zero attached hydrogens (tertiary/aromatic N) is 2. The molecule has 0 spiro atoms. The van der Waals surface area contributed by atoms with Crippen molar-refractivity contribution in [3.05, 3.63) is 42.0 Å². The summed E-state index contributed by atoms with van der Waals surface area (Å²) in [4.78, 5) is 0.202. The van der Waals surface area contributed by atoms with Crippen LogP contribution < -0.4 is 10.0 Å². The summed E-state index contributed by atoms with van der Waals surface area (Å²) in [6.07, 6.45) is 0. The molecule has 1 heterocycles. The summed E-state index contributed by atoms with van der Waals surface area (Å²) in [5, 5.41) is 10.9. The lowest BCUT2D eigenvalue weighted by atomic mass is 10.0. The first-order valence-electron chi connectivity index (χ1n) is 7.51. The zero-order valence-electron chi connectivity index (χ0n) is 13.7. The molecule has 0 atom stereocenters. The summed E-state index contributed by atoms with van der Waals surface area (Å²) in [7, 11) is -3.66. The molecule has 1 aromatic carbocycles. The molecule has 0 saturated heterocycles. The van der Waals surface area contributed by atoms with Gasteiger partial charge in [0.15, 0.2) is 5.82 Å². The summed E-state index contributed by atoms with van der Waals surface area (Å²) in [5.41, 5.74) is 1.09. The van der Waals surface area contributed by atoms with Gasteiger partial charge in [-0.05, 0) is 49.6 Å². The fourth-order valence-corrected chi connectivity index (χ4v) is 2.98. The number of aromatic nitrogens is 2. The Balaban J connectivity index is 2.14. The van der Waals surface area contributed by atoms with Crippen molar-refractivity contribution >= 4 is 21.7 Å². The van der Waals surface area contributed by atoms with Gasteiger partial charge in [0.1, 0.15) is 5.82 Å². The van der Waals surface area contributed by atoms with Crippen molar-refractivity contribution in [2.75, 3.05) is 10.0 Å². The molecule has 6 nitrogen and oxygen atoms in total. The fourth-order valence-electron chi connectivity index (χ4n) is 1.99. The lowest BCUT2D eigenvalue weighted by molar-refractivity contribution is 0.601. The van der Waals surface area contributed by atoms with Crippen LogP contribution in [0.1, 0.15) is 39.2 Å². The molecule has 0 saturated carbocycles. The van der Waals surface area contributed by atoms with Crippen LogP contribution in [0.5, 0.6) is 0 Å². The molecule has 0 radical (unpaired) electrons. The molecule has 0 aliphatic rings. The third-order valence-corrected chi connectivity index (χ3v) is 4.57. The average Bonchev–Trinajstić information content (AvgIpc) is 2.48. The van der Waals surface area contributed by atoms with Gasteiger partial charge in [0, 0.05) is 6.04 Å². The second-order valence-corrected chi connectivity index (χ2v) is 7.61. The lowest BCUT2D eigenvalue weighted by Crippen LogP contribution is -2.15. The molecule has 0 aliphatic heterocycles. The average molecular weight is 334 g/mol. The zero-order chi connectivity index (χ0) is 17.0. The van der Waals surface area contributed by atoms with Crippen molar-refractivity contribution in [2.45, 2.75) is 44.6 Å². The van der Waals surface area contributed by atoms with E-state index in [0.717, 1.165) is 5.56 Å². The van der Waals surface area contributed by atoms with Crippen molar-refractivity contribution in [3.63, 3.8) is 0 Å². The summed E-state index contributed by atoms with van der Waals surface area (Å²) in [6.45, 7) is 8.09. The normalized spacial score (nSPS) is 11.7. The largest absolute Gasteiger partial charge is 0.366 e. The molecule has 0 bridgehead atoms. The van der Waals surface area contributed by atoms with Crippen LogP contribution in [0.4, 0.5) is 11.6 Å². The highest BCUT2D eigenvalue weighted by atomic mass is 32.2. The number of sulfonamides is 1. The molecule has 2 aromatic rings. The molecule has 124 valence electrons. The van der Waals surface area contributed by atoms with Crippen LogP contribution in [0.3, 0.4) is 0 Å². The van der Waals surface area contributed by atoms with Gasteiger partial charge >= 0.3 is 0 Å². The highest BCUT2D eigenvalue weighted by molar-refractivity contribution is 7.92. The molecular weight excluding hydrogens is 312 g/mol. The Labute approximate surface area is 137 Å². The standard InChI is InChI=1S/C16H22N4O2S/c1-11(2)13-5-7-14(8-6-13)23(21,22)20-16-10-9-15(18-19-16)17-12(3)4/h5-12H,1-4H3,(H,17,18)(H,19,20). The lowest BCUT2D eigenvalue weighted by Gasteiger charge is -2.10. The SMILES string of the molecule is CC(C)Nc1ccc(NS(=O)(=O)c2ccc(C(C)C)cc2)nn1. The van der Waals surface area contributed by atoms with Crippen LogP contribution in [-0.4, -0.2) is 24.7 Å². The van der Waals surface area contributed by atoms with Crippen LogP contribution in [0.2, 0.25) is 0 Å². The van der Waals surface area contributed by atoms with Crippen molar-refractivity contribution < 1.29 is 8.42 Å². The monoisotopic (exact) mass is 334 g/mol. The number of hydrogen-bond donors (Lipinski definition) is 2. The predicted octanol–water partition coefficient (Wildman–Crippen LogP) is 3.22. The van der Waals surface area contributed by atoms with E-state index in [-0.39, 0.29) is 16.8 Å². The van der Waals surface area contributed by atoms with Crippen LogP contribution in [0.15, 0.2) is 41.3 Å². The number of anilines is 2. The Morgan fingerprint density at radius 3 is 1.91 bits per heavy atom. The van der Waals surface area contributed by atoms with Crippen LogP contribution >= 0.6 is 0 Å². The van der Waals surface area contributed by atoms with E-state index in [4.69, 9.17) is 0 Å². The van der Waals surface area contributed by atoms with Crippen molar-refractivity contribution in [3.8, 4) is 0 Å². The first-order valence-corrected chi connectivity index (χ1v) is 8.99. The molecular formula is C16H22N4O2S. The molecule has 23 heavy (non-hydrogen) atoms. The zero-order valence-corrected chi connectivity index (χ0v) is 14.6. The third-order valence-electron chi connectivity index (χ3n) is 3.20. The Kier molecular flexibility index (Phi) is 5.20. The minimum Gasteiger partial charge on any atom is -0.366 e. The topological polar surface area (TPSA) is 84.0 Å². The van der Waals surface area contributed by atoms with E-state index in [0.29, 0.717) is 11.7 Å². The van der Waals surface area contributed by atoms with Gasteiger partial charge in [-0.15, -0.1) is 10.2 Å². The van der Waals surface area contributed by atoms with E-state index >= 15 is 0 Å². The predicted molar refractivity (Wildman–Crippen MR) is 92.1 cm³/mol. The van der Waals surface area contributed by atoms with Gasteiger partial charge in [-0.25, -0.2) is 8.42 Å². The van der Waals surface area contributed by atoms with Gasteiger partial charge in [-0.1, -0.05) is 26.0 Å². The maximum Gasteiger partial charge on any atom is 0.263 e. The van der Waals surface area contributed by atoms with E-state index < -0.39 is 10.0 Å². The summed E-state index contributed by atoms with van der Waals surface area (Å²) >= 11 is 0. The molecule has 0 aliphatic carbocycles. The van der Waals surface area contributed by atoms with Gasteiger partial charge in [0.05, 0.1) is 4.90 Å². The number of benzene rings is 1. The molecule has 0 amide bonds. The fraction of sp³-hybridized carbons (Fsp3) is 0.375. The maximum absolute atomic E-state index is 12.4. The summed E-state index contributed by atoms with van der Waals surface area (Å²) in [6, 6.07) is 10.3. The smallest absolute Gasteiger partial charge is 0.263 e. The van der Waals surface area contributed by atoms with Crippen LogP contribution in [0, 0.1) is 0 Å². The van der Waals surface area contributed by atoms with Gasteiger partial charge in [-0.2, -0.15) is 0 Å². The van der Waals surface area contributed by atoms with Gasteiger partial charge in [0.2, 0.25) is 0 Å². The second kappa shape index (κ2) is 6.95. The van der Waals surface area contributed by atoms with E-state index in [9.17, 15) is 8.42 Å². The molecule has 7 heteroatoms.